The molecule has 0 saturated heterocycles. The maximum Gasteiger partial charge on any atom is 0.194 e. The second-order valence-corrected chi connectivity index (χ2v) is 5.62. The Hall–Kier alpha value is -1.72. The summed E-state index contributed by atoms with van der Waals surface area (Å²) in [6.07, 6.45) is 2.67. The van der Waals surface area contributed by atoms with Gasteiger partial charge in [0.25, 0.3) is 0 Å². The number of ketones is 1. The quantitative estimate of drug-likeness (QED) is 0.878. The first-order valence-corrected chi connectivity index (χ1v) is 7.23. The molecule has 2 N–H and O–H groups in total. The summed E-state index contributed by atoms with van der Waals surface area (Å²) in [5, 5.41) is 0. The van der Waals surface area contributed by atoms with Crippen LogP contribution in [0.5, 0.6) is 0 Å². The fourth-order valence-electron chi connectivity index (χ4n) is 2.46. The Labute approximate surface area is 125 Å². The number of fused-ring (bicyclic) bond motifs is 1. The second-order valence-electron chi connectivity index (χ2n) is 4.70. The number of Topliss-reactive ketones (excluding diaryl/α,β-unsaturated/α-hetero) is 1. The van der Waals surface area contributed by atoms with E-state index in [2.05, 4.69) is 44.0 Å². The van der Waals surface area contributed by atoms with Crippen molar-refractivity contribution in [3.63, 3.8) is 0 Å². The molecule has 4 nitrogen and oxygen atoms in total. The lowest BCUT2D eigenvalue weighted by Gasteiger charge is -2.20. The zero-order chi connectivity index (χ0) is 14.1. The van der Waals surface area contributed by atoms with E-state index in [1.807, 2.05) is 12.1 Å². The van der Waals surface area contributed by atoms with Crippen LogP contribution in [0.3, 0.4) is 0 Å². The van der Waals surface area contributed by atoms with Crippen molar-refractivity contribution in [1.29, 1.82) is 0 Å². The SMILES string of the molecule is NCC(=O)c1cc(N2CCc3ccc(Br)cc32)ccn1. The zero-order valence-electron chi connectivity index (χ0n) is 10.8. The Balaban J connectivity index is 2.00. The van der Waals surface area contributed by atoms with Crippen LogP contribution < -0.4 is 10.6 Å². The number of nitrogens with two attached hydrogens (primary N) is 1. The van der Waals surface area contributed by atoms with E-state index in [1.165, 1.54) is 11.3 Å². The summed E-state index contributed by atoms with van der Waals surface area (Å²) in [6.45, 7) is 0.893. The lowest BCUT2D eigenvalue weighted by molar-refractivity contribution is 0.0996. The van der Waals surface area contributed by atoms with E-state index in [4.69, 9.17) is 5.73 Å². The number of carbonyl (C=O) groups excluding carboxylic acids is 1. The van der Waals surface area contributed by atoms with Gasteiger partial charge in [0.1, 0.15) is 5.69 Å². The molecule has 0 atom stereocenters. The molecule has 0 bridgehead atoms. The molecule has 0 saturated carbocycles. The van der Waals surface area contributed by atoms with Crippen LogP contribution in [-0.2, 0) is 6.42 Å². The third-order valence-corrected chi connectivity index (χ3v) is 3.96. The van der Waals surface area contributed by atoms with Crippen molar-refractivity contribution in [1.82, 2.24) is 4.98 Å². The van der Waals surface area contributed by atoms with Crippen LogP contribution in [0.15, 0.2) is 41.0 Å². The average Bonchev–Trinajstić information content (AvgIpc) is 2.89. The Bertz CT molecular complexity index is 672. The van der Waals surface area contributed by atoms with Gasteiger partial charge in [-0.1, -0.05) is 22.0 Å². The number of aromatic nitrogens is 1. The topological polar surface area (TPSA) is 59.2 Å². The van der Waals surface area contributed by atoms with Crippen LogP contribution in [0.25, 0.3) is 0 Å². The fraction of sp³-hybridized carbons (Fsp3) is 0.200. The van der Waals surface area contributed by atoms with Gasteiger partial charge >= 0.3 is 0 Å². The van der Waals surface area contributed by atoms with E-state index < -0.39 is 0 Å². The number of nitrogens with zero attached hydrogens (tertiary/aromatic N) is 2. The number of hydrogen-bond acceptors (Lipinski definition) is 4. The molecule has 0 spiro atoms. The van der Waals surface area contributed by atoms with E-state index in [0.717, 1.165) is 23.1 Å². The zero-order valence-corrected chi connectivity index (χ0v) is 12.4. The Kier molecular flexibility index (Phi) is 3.54. The normalized spacial score (nSPS) is 13.4. The smallest absolute Gasteiger partial charge is 0.194 e. The summed E-state index contributed by atoms with van der Waals surface area (Å²) in [5.41, 5.74) is 9.29. The van der Waals surface area contributed by atoms with Crippen molar-refractivity contribution in [2.24, 2.45) is 5.73 Å². The van der Waals surface area contributed by atoms with Crippen LogP contribution in [0.4, 0.5) is 11.4 Å². The molecule has 0 aliphatic carbocycles. The van der Waals surface area contributed by atoms with E-state index in [1.54, 1.807) is 6.20 Å². The van der Waals surface area contributed by atoms with Gasteiger partial charge in [-0.05, 0) is 36.2 Å². The first kappa shape index (κ1) is 13.3. The van der Waals surface area contributed by atoms with Crippen LogP contribution in [0, 0.1) is 0 Å². The molecule has 20 heavy (non-hydrogen) atoms. The molecule has 5 heteroatoms. The lowest BCUT2D eigenvalue weighted by atomic mass is 10.2. The minimum atomic E-state index is -0.138. The van der Waals surface area contributed by atoms with Gasteiger partial charge in [0.2, 0.25) is 0 Å². The predicted molar refractivity (Wildman–Crippen MR) is 82.5 cm³/mol. The van der Waals surface area contributed by atoms with Crippen molar-refractivity contribution in [3.8, 4) is 0 Å². The van der Waals surface area contributed by atoms with Gasteiger partial charge < -0.3 is 10.6 Å². The largest absolute Gasteiger partial charge is 0.341 e. The standard InChI is InChI=1S/C15H14BrN3O/c16-11-2-1-10-4-6-19(14(10)7-11)12-3-5-18-13(8-12)15(20)9-17/h1-3,5,7-8H,4,6,9,17H2. The molecule has 0 radical (unpaired) electrons. The minimum Gasteiger partial charge on any atom is -0.341 e. The van der Waals surface area contributed by atoms with Crippen molar-refractivity contribution < 1.29 is 4.79 Å². The molecule has 2 heterocycles. The van der Waals surface area contributed by atoms with Gasteiger partial charge in [-0.3, -0.25) is 9.78 Å². The van der Waals surface area contributed by atoms with Crippen molar-refractivity contribution in [2.45, 2.75) is 6.42 Å². The predicted octanol–water partition coefficient (Wildman–Crippen LogP) is 2.68. The number of carbonyl (C=O) groups is 1. The van der Waals surface area contributed by atoms with E-state index in [-0.39, 0.29) is 12.3 Å². The van der Waals surface area contributed by atoms with Crippen molar-refractivity contribution >= 4 is 33.1 Å². The number of rotatable bonds is 3. The molecule has 0 fully saturated rings. The monoisotopic (exact) mass is 331 g/mol. The average molecular weight is 332 g/mol. The number of hydrogen-bond donors (Lipinski definition) is 1. The van der Waals surface area contributed by atoms with Gasteiger partial charge in [0, 0.05) is 28.6 Å². The van der Waals surface area contributed by atoms with E-state index in [9.17, 15) is 4.79 Å². The minimum absolute atomic E-state index is 0.0153. The van der Waals surface area contributed by atoms with Gasteiger partial charge in [0.15, 0.2) is 5.78 Å². The van der Waals surface area contributed by atoms with Crippen molar-refractivity contribution in [2.75, 3.05) is 18.0 Å². The maximum absolute atomic E-state index is 11.7. The number of halogens is 1. The highest BCUT2D eigenvalue weighted by Gasteiger charge is 2.21. The number of benzene rings is 1. The molecule has 1 aliphatic heterocycles. The highest BCUT2D eigenvalue weighted by Crippen LogP contribution is 2.36. The molecular weight excluding hydrogens is 318 g/mol. The van der Waals surface area contributed by atoms with E-state index in [0.29, 0.717) is 5.69 Å². The number of anilines is 2. The first-order chi connectivity index (χ1) is 9.69. The highest BCUT2D eigenvalue weighted by atomic mass is 79.9. The summed E-state index contributed by atoms with van der Waals surface area (Å²) in [4.78, 5) is 18.0. The molecular formula is C15H14BrN3O. The Morgan fingerprint density at radius 1 is 1.35 bits per heavy atom. The Morgan fingerprint density at radius 2 is 2.20 bits per heavy atom. The summed E-state index contributed by atoms with van der Waals surface area (Å²) < 4.78 is 1.05. The molecule has 0 amide bonds. The number of pyridine rings is 1. The lowest BCUT2D eigenvalue weighted by Crippen LogP contribution is -2.17. The molecule has 1 aromatic carbocycles. The van der Waals surface area contributed by atoms with Gasteiger partial charge in [-0.15, -0.1) is 0 Å². The summed E-state index contributed by atoms with van der Waals surface area (Å²) in [5.74, 6) is -0.138. The maximum atomic E-state index is 11.7. The Morgan fingerprint density at radius 3 is 3.00 bits per heavy atom. The molecule has 102 valence electrons. The van der Waals surface area contributed by atoms with Crippen LogP contribution in [0.2, 0.25) is 0 Å². The third-order valence-electron chi connectivity index (χ3n) is 3.47. The van der Waals surface area contributed by atoms with Gasteiger partial charge in [0.05, 0.1) is 6.54 Å². The van der Waals surface area contributed by atoms with Gasteiger partial charge in [-0.2, -0.15) is 0 Å². The first-order valence-electron chi connectivity index (χ1n) is 6.44. The van der Waals surface area contributed by atoms with Crippen LogP contribution in [0.1, 0.15) is 16.1 Å². The molecule has 3 rings (SSSR count). The molecule has 0 unspecified atom stereocenters. The molecule has 1 aliphatic rings. The third kappa shape index (κ3) is 2.34. The second kappa shape index (κ2) is 5.34. The highest BCUT2D eigenvalue weighted by molar-refractivity contribution is 9.10. The summed E-state index contributed by atoms with van der Waals surface area (Å²) in [7, 11) is 0. The van der Waals surface area contributed by atoms with Crippen LogP contribution >= 0.6 is 15.9 Å². The van der Waals surface area contributed by atoms with E-state index >= 15 is 0 Å². The molecule has 1 aromatic heterocycles. The summed E-state index contributed by atoms with van der Waals surface area (Å²) in [6, 6.07) is 10.0. The van der Waals surface area contributed by atoms with Gasteiger partial charge in [-0.25, -0.2) is 0 Å². The summed E-state index contributed by atoms with van der Waals surface area (Å²) >= 11 is 3.50. The molecule has 2 aromatic rings. The fourth-order valence-corrected chi connectivity index (χ4v) is 2.81. The van der Waals surface area contributed by atoms with Crippen molar-refractivity contribution in [3.05, 3.63) is 52.3 Å². The van der Waals surface area contributed by atoms with Crippen LogP contribution in [-0.4, -0.2) is 23.9 Å².